The molecule has 0 bridgehead atoms. The van der Waals surface area contributed by atoms with E-state index < -0.39 is 16.0 Å². The number of aromatic carboxylic acids is 1. The highest BCUT2D eigenvalue weighted by molar-refractivity contribution is 7.90. The Kier molecular flexibility index (Phi) is 5.28. The molecule has 5 nitrogen and oxygen atoms in total. The molecule has 0 aliphatic rings. The van der Waals surface area contributed by atoms with Crippen LogP contribution in [-0.4, -0.2) is 23.5 Å². The van der Waals surface area contributed by atoms with Crippen LogP contribution < -0.4 is 0 Å². The van der Waals surface area contributed by atoms with Gasteiger partial charge < -0.3 is 5.11 Å². The van der Waals surface area contributed by atoms with Crippen molar-refractivity contribution in [3.8, 4) is 11.3 Å². The molecule has 0 unspecified atom stereocenters. The molecule has 0 spiro atoms. The van der Waals surface area contributed by atoms with Crippen LogP contribution in [0.15, 0.2) is 71.6 Å². The van der Waals surface area contributed by atoms with Crippen molar-refractivity contribution in [3.05, 3.63) is 87.4 Å². The first-order valence-electron chi connectivity index (χ1n) is 8.53. The highest BCUT2D eigenvalue weighted by Gasteiger charge is 2.25. The molecule has 1 aromatic heterocycles. The Balaban J connectivity index is 2.02. The number of benzene rings is 3. The number of aromatic nitrogens is 1. The van der Waals surface area contributed by atoms with Crippen LogP contribution in [0.4, 0.5) is 0 Å². The first-order chi connectivity index (χ1) is 14.2. The zero-order valence-electron chi connectivity index (χ0n) is 15.0. The number of carboxylic acids is 1. The molecule has 4 rings (SSSR count). The Hall–Kier alpha value is -2.51. The fourth-order valence-electron chi connectivity index (χ4n) is 3.19. The molecule has 0 fully saturated rings. The van der Waals surface area contributed by atoms with E-state index in [0.29, 0.717) is 27.2 Å². The van der Waals surface area contributed by atoms with Gasteiger partial charge in [-0.15, -0.1) is 0 Å². The lowest BCUT2D eigenvalue weighted by atomic mass is 10.1. The predicted molar refractivity (Wildman–Crippen MR) is 118 cm³/mol. The van der Waals surface area contributed by atoms with Crippen molar-refractivity contribution >= 4 is 61.7 Å². The van der Waals surface area contributed by atoms with Crippen LogP contribution >= 0.6 is 34.8 Å². The van der Waals surface area contributed by atoms with Gasteiger partial charge in [-0.2, -0.15) is 0 Å². The lowest BCUT2D eigenvalue weighted by Gasteiger charge is -2.13. The number of carboxylic acid groups (broad SMARTS) is 1. The lowest BCUT2D eigenvalue weighted by molar-refractivity contribution is 0.0697. The number of hydrogen-bond acceptors (Lipinski definition) is 3. The molecule has 0 radical (unpaired) electrons. The predicted octanol–water partition coefficient (Wildman–Crippen LogP) is 6.20. The second-order valence-electron chi connectivity index (χ2n) is 6.49. The van der Waals surface area contributed by atoms with E-state index in [4.69, 9.17) is 39.9 Å². The molecule has 1 N–H and O–H groups in total. The quantitative estimate of drug-likeness (QED) is 0.377. The first-order valence-corrected chi connectivity index (χ1v) is 11.1. The number of fused-ring (bicyclic) bond motifs is 1. The normalized spacial score (nSPS) is 11.7. The van der Waals surface area contributed by atoms with Gasteiger partial charge in [-0.3, -0.25) is 0 Å². The highest BCUT2D eigenvalue weighted by atomic mass is 35.5. The van der Waals surface area contributed by atoms with Gasteiger partial charge in [-0.05, 0) is 60.2 Å². The Labute approximate surface area is 187 Å². The van der Waals surface area contributed by atoms with E-state index in [9.17, 15) is 13.2 Å². The van der Waals surface area contributed by atoms with Gasteiger partial charge >= 0.3 is 5.97 Å². The Morgan fingerprint density at radius 2 is 1.43 bits per heavy atom. The van der Waals surface area contributed by atoms with E-state index in [2.05, 4.69) is 0 Å². The Morgan fingerprint density at radius 1 is 0.800 bits per heavy atom. The van der Waals surface area contributed by atoms with Gasteiger partial charge in [0.05, 0.1) is 21.7 Å². The molecule has 0 saturated carbocycles. The maximum atomic E-state index is 13.6. The van der Waals surface area contributed by atoms with Gasteiger partial charge in [-0.25, -0.2) is 17.2 Å². The minimum Gasteiger partial charge on any atom is -0.478 e. The summed E-state index contributed by atoms with van der Waals surface area (Å²) < 4.78 is 28.3. The topological polar surface area (TPSA) is 76.4 Å². The molecule has 0 aliphatic heterocycles. The summed E-state index contributed by atoms with van der Waals surface area (Å²) in [6.07, 6.45) is 0. The average molecular weight is 481 g/mol. The summed E-state index contributed by atoms with van der Waals surface area (Å²) in [5, 5.41) is 10.6. The molecule has 0 amide bonds. The zero-order chi connectivity index (χ0) is 21.6. The third-order valence-electron chi connectivity index (χ3n) is 4.52. The molecule has 0 atom stereocenters. The lowest BCUT2D eigenvalue weighted by Crippen LogP contribution is -2.14. The first kappa shape index (κ1) is 20.8. The number of nitrogens with zero attached hydrogens (tertiary/aromatic N) is 1. The van der Waals surface area contributed by atoms with E-state index in [1.807, 2.05) is 0 Å². The summed E-state index contributed by atoms with van der Waals surface area (Å²) in [5.74, 6) is -1.07. The molecule has 9 heteroatoms. The van der Waals surface area contributed by atoms with E-state index in [1.54, 1.807) is 36.4 Å². The smallest absolute Gasteiger partial charge is 0.335 e. The largest absolute Gasteiger partial charge is 0.478 e. The van der Waals surface area contributed by atoms with Crippen LogP contribution in [0.25, 0.3) is 22.2 Å². The van der Waals surface area contributed by atoms with Crippen molar-refractivity contribution < 1.29 is 18.3 Å². The van der Waals surface area contributed by atoms with Crippen molar-refractivity contribution in [2.45, 2.75) is 4.90 Å². The molecule has 1 heterocycles. The van der Waals surface area contributed by atoms with Crippen molar-refractivity contribution in [2.75, 3.05) is 0 Å². The molecule has 0 aliphatic carbocycles. The van der Waals surface area contributed by atoms with Crippen molar-refractivity contribution in [2.24, 2.45) is 0 Å². The van der Waals surface area contributed by atoms with Crippen LogP contribution in [0, 0.1) is 0 Å². The monoisotopic (exact) mass is 479 g/mol. The van der Waals surface area contributed by atoms with Gasteiger partial charge in [0.15, 0.2) is 0 Å². The van der Waals surface area contributed by atoms with Gasteiger partial charge in [0, 0.05) is 20.5 Å². The van der Waals surface area contributed by atoms with Crippen molar-refractivity contribution in [1.82, 2.24) is 3.97 Å². The van der Waals surface area contributed by atoms with E-state index in [0.717, 1.165) is 0 Å². The maximum Gasteiger partial charge on any atom is 0.335 e. The van der Waals surface area contributed by atoms with Gasteiger partial charge in [-0.1, -0.05) is 46.9 Å². The maximum absolute atomic E-state index is 13.6. The molecule has 3 aromatic carbocycles. The summed E-state index contributed by atoms with van der Waals surface area (Å²) in [5.41, 5.74) is 1.37. The fraction of sp³-hybridized carbons (Fsp3) is 0. The molecular weight excluding hydrogens is 469 g/mol. The molecule has 0 saturated heterocycles. The van der Waals surface area contributed by atoms with Gasteiger partial charge in [0.25, 0.3) is 10.0 Å². The van der Waals surface area contributed by atoms with Crippen LogP contribution in [0.1, 0.15) is 10.4 Å². The summed E-state index contributed by atoms with van der Waals surface area (Å²) in [6, 6.07) is 16.6. The molecule has 4 aromatic rings. The molecule has 152 valence electrons. The van der Waals surface area contributed by atoms with Crippen LogP contribution in [0.2, 0.25) is 15.1 Å². The minimum absolute atomic E-state index is 0.0733. The summed E-state index contributed by atoms with van der Waals surface area (Å²) in [6.45, 7) is 0. The third-order valence-corrected chi connectivity index (χ3v) is 6.90. The SMILES string of the molecule is O=C(O)c1ccc(-c2cc3cc(Cl)ccc3n2S(=O)(=O)c2cc(Cl)cc(Cl)c2)cc1. The molecule has 30 heavy (non-hydrogen) atoms. The highest BCUT2D eigenvalue weighted by Crippen LogP contribution is 2.35. The Bertz CT molecular complexity index is 1390. The van der Waals surface area contributed by atoms with Crippen molar-refractivity contribution in [1.29, 1.82) is 0 Å². The van der Waals surface area contributed by atoms with Gasteiger partial charge in [0.2, 0.25) is 0 Å². The zero-order valence-corrected chi connectivity index (χ0v) is 18.1. The van der Waals surface area contributed by atoms with E-state index in [1.165, 1.54) is 34.3 Å². The Morgan fingerprint density at radius 3 is 2.03 bits per heavy atom. The number of halogens is 3. The van der Waals surface area contributed by atoms with E-state index in [-0.39, 0.29) is 20.5 Å². The second kappa shape index (κ2) is 7.63. The molecular formula is C21H12Cl3NO4S. The van der Waals surface area contributed by atoms with Crippen LogP contribution in [0.3, 0.4) is 0 Å². The summed E-state index contributed by atoms with van der Waals surface area (Å²) in [7, 11) is -4.10. The van der Waals surface area contributed by atoms with E-state index >= 15 is 0 Å². The summed E-state index contributed by atoms with van der Waals surface area (Å²) >= 11 is 18.2. The standard InChI is InChI=1S/C21H12Cl3NO4S/c22-15-5-6-19-14(7-15)8-20(12-1-3-13(4-2-12)21(26)27)25(19)30(28,29)18-10-16(23)9-17(24)11-18/h1-11H,(H,26,27). The van der Waals surface area contributed by atoms with Crippen LogP contribution in [0.5, 0.6) is 0 Å². The minimum atomic E-state index is -4.10. The third kappa shape index (κ3) is 3.68. The van der Waals surface area contributed by atoms with Crippen molar-refractivity contribution in [3.63, 3.8) is 0 Å². The second-order valence-corrected chi connectivity index (χ2v) is 9.59. The number of rotatable bonds is 4. The average Bonchev–Trinajstić information content (AvgIpc) is 3.06. The van der Waals surface area contributed by atoms with Gasteiger partial charge in [0.1, 0.15) is 0 Å². The van der Waals surface area contributed by atoms with Crippen LogP contribution in [-0.2, 0) is 10.0 Å². The summed E-state index contributed by atoms with van der Waals surface area (Å²) in [4.78, 5) is 11.1. The number of carbonyl (C=O) groups is 1. The fourth-order valence-corrected chi connectivity index (χ4v) is 5.63. The number of hydrogen-bond donors (Lipinski definition) is 1.